The second kappa shape index (κ2) is 6.86. The van der Waals surface area contributed by atoms with Crippen molar-refractivity contribution in [3.05, 3.63) is 68.5 Å². The fourth-order valence-electron chi connectivity index (χ4n) is 2.77. The first-order chi connectivity index (χ1) is 12.1. The molecule has 4 aromatic rings. The van der Waals surface area contributed by atoms with Gasteiger partial charge in [-0.2, -0.15) is 4.37 Å². The molecular weight excluding hydrogens is 420 g/mol. The van der Waals surface area contributed by atoms with E-state index in [1.54, 1.807) is 0 Å². The number of hydrogen-bond acceptors (Lipinski definition) is 4. The van der Waals surface area contributed by atoms with E-state index in [9.17, 15) is 0 Å². The lowest BCUT2D eigenvalue weighted by molar-refractivity contribution is 0.955. The van der Waals surface area contributed by atoms with Crippen molar-refractivity contribution in [2.75, 3.05) is 0 Å². The van der Waals surface area contributed by atoms with Crippen LogP contribution in [0.5, 0.6) is 0 Å². The molecule has 0 radical (unpaired) electrons. The molecule has 0 N–H and O–H groups in total. The summed E-state index contributed by atoms with van der Waals surface area (Å²) >= 11 is 10.9. The van der Waals surface area contributed by atoms with E-state index in [1.165, 1.54) is 11.5 Å². The Hall–Kier alpha value is -1.76. The maximum absolute atomic E-state index is 5.95. The van der Waals surface area contributed by atoms with Crippen molar-refractivity contribution in [2.45, 2.75) is 19.8 Å². The molecule has 25 heavy (non-hydrogen) atoms. The fraction of sp³-hybridized carbons (Fsp3) is 0.167. The molecule has 7 heteroatoms. The highest BCUT2D eigenvalue weighted by Gasteiger charge is 2.15. The molecule has 126 valence electrons. The zero-order valence-electron chi connectivity index (χ0n) is 13.4. The Bertz CT molecular complexity index is 1040. The molecule has 0 fully saturated rings. The highest BCUT2D eigenvalue weighted by atomic mass is 79.9. The van der Waals surface area contributed by atoms with Crippen molar-refractivity contribution >= 4 is 44.7 Å². The first-order valence-corrected chi connectivity index (χ1v) is 9.82. The molecule has 0 unspecified atom stereocenters. The fourth-order valence-corrected chi connectivity index (χ4v) is 3.90. The average Bonchev–Trinajstić information content (AvgIpc) is 3.21. The number of nitrogens with zero attached hydrogens (tertiary/aromatic N) is 4. The van der Waals surface area contributed by atoms with Crippen LogP contribution in [0.3, 0.4) is 0 Å². The molecule has 0 saturated carbocycles. The molecule has 1 aromatic carbocycles. The van der Waals surface area contributed by atoms with Gasteiger partial charge in [0.05, 0.1) is 11.4 Å². The van der Waals surface area contributed by atoms with Gasteiger partial charge in [0.1, 0.15) is 10.7 Å². The summed E-state index contributed by atoms with van der Waals surface area (Å²) in [5, 5.41) is 1.68. The molecule has 0 aliphatic carbocycles. The Balaban J connectivity index is 1.70. The predicted molar refractivity (Wildman–Crippen MR) is 105 cm³/mol. The molecule has 4 rings (SSSR count). The van der Waals surface area contributed by atoms with Gasteiger partial charge in [0.2, 0.25) is 0 Å². The highest BCUT2D eigenvalue weighted by molar-refractivity contribution is 9.10. The topological polar surface area (TPSA) is 43.1 Å². The second-order valence-corrected chi connectivity index (χ2v) is 7.82. The Morgan fingerprint density at radius 2 is 1.92 bits per heavy atom. The summed E-state index contributed by atoms with van der Waals surface area (Å²) in [6.45, 7) is 2.12. The van der Waals surface area contributed by atoms with Crippen LogP contribution in [-0.2, 0) is 12.8 Å². The maximum Gasteiger partial charge on any atom is 0.173 e. The number of hydrogen-bond donors (Lipinski definition) is 0. The lowest BCUT2D eigenvalue weighted by atomic mass is 10.2. The molecule has 3 aromatic heterocycles. The maximum atomic E-state index is 5.95. The number of benzene rings is 1. The van der Waals surface area contributed by atoms with Gasteiger partial charge in [0.25, 0.3) is 0 Å². The van der Waals surface area contributed by atoms with Gasteiger partial charge in [-0.3, -0.25) is 0 Å². The van der Waals surface area contributed by atoms with Crippen LogP contribution in [0.25, 0.3) is 17.0 Å². The summed E-state index contributed by atoms with van der Waals surface area (Å²) in [6, 6.07) is 11.6. The predicted octanol–water partition coefficient (Wildman–Crippen LogP) is 5.42. The normalized spacial score (nSPS) is 11.3. The van der Waals surface area contributed by atoms with Crippen molar-refractivity contribution in [3.63, 3.8) is 0 Å². The standard InChI is InChI=1S/C18H14BrClN4S/c1-2-14-15(24-10-12(19)5-8-16(24)21-14)9-17-22-18(23-25-17)11-3-6-13(20)7-4-11/h3-8,10H,2,9H2,1H3. The summed E-state index contributed by atoms with van der Waals surface area (Å²) in [5.74, 6) is 0.740. The molecule has 0 spiro atoms. The second-order valence-electron chi connectivity index (χ2n) is 5.63. The average molecular weight is 434 g/mol. The summed E-state index contributed by atoms with van der Waals surface area (Å²) in [7, 11) is 0. The quantitative estimate of drug-likeness (QED) is 0.431. The van der Waals surface area contributed by atoms with Crippen molar-refractivity contribution < 1.29 is 0 Å². The van der Waals surface area contributed by atoms with E-state index >= 15 is 0 Å². The Kier molecular flexibility index (Phi) is 4.58. The largest absolute Gasteiger partial charge is 0.302 e. The van der Waals surface area contributed by atoms with Crippen LogP contribution < -0.4 is 0 Å². The molecular formula is C18H14BrClN4S. The smallest absolute Gasteiger partial charge is 0.173 e. The summed E-state index contributed by atoms with van der Waals surface area (Å²) < 4.78 is 7.66. The number of aryl methyl sites for hydroxylation is 1. The third kappa shape index (κ3) is 3.34. The van der Waals surface area contributed by atoms with Crippen LogP contribution in [0.15, 0.2) is 47.1 Å². The van der Waals surface area contributed by atoms with Crippen LogP contribution in [-0.4, -0.2) is 18.7 Å². The van der Waals surface area contributed by atoms with E-state index in [-0.39, 0.29) is 0 Å². The van der Waals surface area contributed by atoms with Crippen molar-refractivity contribution in [3.8, 4) is 11.4 Å². The van der Waals surface area contributed by atoms with Gasteiger partial charge in [-0.25, -0.2) is 9.97 Å². The summed E-state index contributed by atoms with van der Waals surface area (Å²) in [5.41, 5.74) is 4.19. The van der Waals surface area contributed by atoms with Gasteiger partial charge in [-0.05, 0) is 70.3 Å². The minimum absolute atomic E-state index is 0.711. The number of pyridine rings is 1. The van der Waals surface area contributed by atoms with Crippen LogP contribution in [0.2, 0.25) is 5.02 Å². The summed E-state index contributed by atoms with van der Waals surface area (Å²) in [4.78, 5) is 9.43. The van der Waals surface area contributed by atoms with E-state index in [1.807, 2.05) is 36.4 Å². The van der Waals surface area contributed by atoms with Crippen molar-refractivity contribution in [2.24, 2.45) is 0 Å². The molecule has 4 nitrogen and oxygen atoms in total. The number of rotatable bonds is 4. The molecule has 0 atom stereocenters. The molecule has 3 heterocycles. The Labute approximate surface area is 162 Å². The van der Waals surface area contributed by atoms with Crippen molar-refractivity contribution in [1.82, 2.24) is 18.7 Å². The molecule has 0 aliphatic rings. The number of halogens is 2. The molecule has 0 saturated heterocycles. The van der Waals surface area contributed by atoms with Gasteiger partial charge in [-0.1, -0.05) is 18.5 Å². The van der Waals surface area contributed by atoms with Crippen molar-refractivity contribution in [1.29, 1.82) is 0 Å². The molecule has 0 amide bonds. The van der Waals surface area contributed by atoms with Crippen LogP contribution in [0, 0.1) is 0 Å². The van der Waals surface area contributed by atoms with Crippen LogP contribution >= 0.6 is 39.1 Å². The zero-order valence-corrected chi connectivity index (χ0v) is 16.6. The van der Waals surface area contributed by atoms with Crippen LogP contribution in [0.4, 0.5) is 0 Å². The Morgan fingerprint density at radius 3 is 2.68 bits per heavy atom. The van der Waals surface area contributed by atoms with E-state index in [0.29, 0.717) is 11.4 Å². The first-order valence-electron chi connectivity index (χ1n) is 7.88. The molecule has 0 bridgehead atoms. The number of aromatic nitrogens is 4. The molecule has 0 aliphatic heterocycles. The number of imidazole rings is 1. The zero-order chi connectivity index (χ0) is 17.4. The SMILES string of the molecule is CCc1nc2ccc(Br)cn2c1Cc1nc(-c2ccc(Cl)cc2)ns1. The Morgan fingerprint density at radius 1 is 1.12 bits per heavy atom. The monoisotopic (exact) mass is 432 g/mol. The third-order valence-corrected chi connectivity index (χ3v) is 5.42. The highest BCUT2D eigenvalue weighted by Crippen LogP contribution is 2.24. The van der Waals surface area contributed by atoms with Gasteiger partial charge in [0.15, 0.2) is 5.82 Å². The van der Waals surface area contributed by atoms with E-state index in [4.69, 9.17) is 21.6 Å². The van der Waals surface area contributed by atoms with E-state index < -0.39 is 0 Å². The minimum atomic E-state index is 0.711. The third-order valence-electron chi connectivity index (χ3n) is 3.99. The van der Waals surface area contributed by atoms with Gasteiger partial charge < -0.3 is 4.40 Å². The van der Waals surface area contributed by atoms with E-state index in [0.717, 1.165) is 44.3 Å². The van der Waals surface area contributed by atoms with Gasteiger partial charge in [-0.15, -0.1) is 0 Å². The lowest BCUT2D eigenvalue weighted by Gasteiger charge is -2.02. The van der Waals surface area contributed by atoms with Gasteiger partial charge >= 0.3 is 0 Å². The van der Waals surface area contributed by atoms with Crippen LogP contribution in [0.1, 0.15) is 23.3 Å². The lowest BCUT2D eigenvalue weighted by Crippen LogP contribution is -1.98. The van der Waals surface area contributed by atoms with Gasteiger partial charge in [0, 0.05) is 27.7 Å². The first kappa shape index (κ1) is 16.7. The van der Waals surface area contributed by atoms with E-state index in [2.05, 4.69) is 37.8 Å². The number of fused-ring (bicyclic) bond motifs is 1. The minimum Gasteiger partial charge on any atom is -0.302 e. The summed E-state index contributed by atoms with van der Waals surface area (Å²) in [6.07, 6.45) is 3.65.